The third-order valence-electron chi connectivity index (χ3n) is 5.11. The number of rotatable bonds is 4. The molecule has 1 saturated heterocycles. The normalized spacial score (nSPS) is 14.4. The van der Waals surface area contributed by atoms with Gasteiger partial charge in [0, 0.05) is 37.0 Å². The molecular formula is C24H23N3O2. The van der Waals surface area contributed by atoms with Gasteiger partial charge in [-0.3, -0.25) is 9.59 Å². The minimum absolute atomic E-state index is 0.134. The molecule has 1 fully saturated rings. The van der Waals surface area contributed by atoms with Crippen LogP contribution in [-0.4, -0.2) is 22.9 Å². The Hall–Kier alpha value is -3.47. The molecule has 1 aliphatic rings. The van der Waals surface area contributed by atoms with Gasteiger partial charge in [0.25, 0.3) is 5.91 Å². The number of carbonyl (C=O) groups excluding carboxylic acids is 2. The average molecular weight is 385 g/mol. The molecule has 0 aliphatic carbocycles. The summed E-state index contributed by atoms with van der Waals surface area (Å²) >= 11 is 0. The molecule has 2 amide bonds. The van der Waals surface area contributed by atoms with E-state index >= 15 is 0 Å². The summed E-state index contributed by atoms with van der Waals surface area (Å²) in [6.45, 7) is 3.44. The molecule has 29 heavy (non-hydrogen) atoms. The number of amides is 2. The van der Waals surface area contributed by atoms with Gasteiger partial charge in [0.2, 0.25) is 5.91 Å². The van der Waals surface area contributed by atoms with Gasteiger partial charge in [0.05, 0.1) is 0 Å². The lowest BCUT2D eigenvalue weighted by Gasteiger charge is -2.15. The van der Waals surface area contributed by atoms with Gasteiger partial charge in [0.1, 0.15) is 5.49 Å². The van der Waals surface area contributed by atoms with Crippen LogP contribution in [0.2, 0.25) is 0 Å². The largest absolute Gasteiger partial charge is 0.328 e. The molecule has 146 valence electrons. The highest BCUT2D eigenvalue weighted by atomic mass is 16.2. The SMILES string of the molecule is Cc1ccc(Cn2ccccc2=NC(=O)c2ccc(N3CCCC3=O)cc2)cc1. The van der Waals surface area contributed by atoms with Gasteiger partial charge in [-0.1, -0.05) is 35.9 Å². The first kappa shape index (κ1) is 18.9. The van der Waals surface area contributed by atoms with Crippen molar-refractivity contribution < 1.29 is 9.59 Å². The number of pyridine rings is 1. The zero-order valence-electron chi connectivity index (χ0n) is 16.4. The maximum atomic E-state index is 12.7. The average Bonchev–Trinajstić information content (AvgIpc) is 3.17. The highest BCUT2D eigenvalue weighted by Crippen LogP contribution is 2.21. The number of aromatic nitrogens is 1. The van der Waals surface area contributed by atoms with Crippen molar-refractivity contribution in [2.24, 2.45) is 4.99 Å². The summed E-state index contributed by atoms with van der Waals surface area (Å²) in [5.41, 5.74) is 4.31. The summed E-state index contributed by atoms with van der Waals surface area (Å²) < 4.78 is 1.96. The molecule has 2 aromatic carbocycles. The van der Waals surface area contributed by atoms with E-state index in [4.69, 9.17) is 0 Å². The fourth-order valence-corrected chi connectivity index (χ4v) is 3.47. The monoisotopic (exact) mass is 385 g/mol. The van der Waals surface area contributed by atoms with Crippen molar-refractivity contribution in [1.29, 1.82) is 0 Å². The van der Waals surface area contributed by atoms with Crippen molar-refractivity contribution in [2.75, 3.05) is 11.4 Å². The van der Waals surface area contributed by atoms with Gasteiger partial charge in [-0.25, -0.2) is 0 Å². The standard InChI is InChI=1S/C24H23N3O2/c1-18-7-9-19(10-8-18)17-26-15-3-2-5-22(26)25-24(29)20-11-13-21(14-12-20)27-16-4-6-23(27)28/h2-3,5,7-15H,4,6,16-17H2,1H3. The molecule has 0 spiro atoms. The molecule has 1 aromatic heterocycles. The van der Waals surface area contributed by atoms with E-state index in [0.29, 0.717) is 24.0 Å². The smallest absolute Gasteiger partial charge is 0.278 e. The van der Waals surface area contributed by atoms with E-state index < -0.39 is 0 Å². The molecule has 0 bridgehead atoms. The molecule has 0 unspecified atom stereocenters. The Labute approximate surface area is 170 Å². The third-order valence-corrected chi connectivity index (χ3v) is 5.11. The van der Waals surface area contributed by atoms with Crippen LogP contribution in [0.15, 0.2) is 77.9 Å². The number of hydrogen-bond donors (Lipinski definition) is 0. The molecule has 2 heterocycles. The number of aryl methyl sites for hydroxylation is 1. The third kappa shape index (κ3) is 4.35. The number of nitrogens with zero attached hydrogens (tertiary/aromatic N) is 3. The van der Waals surface area contributed by atoms with Crippen molar-refractivity contribution in [1.82, 2.24) is 4.57 Å². The number of hydrogen-bond acceptors (Lipinski definition) is 2. The molecule has 0 atom stereocenters. The number of benzene rings is 2. The van der Waals surface area contributed by atoms with Gasteiger partial charge >= 0.3 is 0 Å². The fourth-order valence-electron chi connectivity index (χ4n) is 3.47. The summed E-state index contributed by atoms with van der Waals surface area (Å²) in [5, 5.41) is 0. The van der Waals surface area contributed by atoms with Crippen molar-refractivity contribution >= 4 is 17.5 Å². The lowest BCUT2D eigenvalue weighted by atomic mass is 10.1. The lowest BCUT2D eigenvalue weighted by molar-refractivity contribution is -0.117. The van der Waals surface area contributed by atoms with E-state index in [1.807, 2.05) is 41.1 Å². The Morgan fingerprint density at radius 3 is 2.45 bits per heavy atom. The van der Waals surface area contributed by atoms with Crippen LogP contribution in [-0.2, 0) is 11.3 Å². The maximum Gasteiger partial charge on any atom is 0.278 e. The first-order valence-electron chi connectivity index (χ1n) is 9.81. The summed E-state index contributed by atoms with van der Waals surface area (Å²) in [7, 11) is 0. The van der Waals surface area contributed by atoms with E-state index in [9.17, 15) is 9.59 Å². The second kappa shape index (κ2) is 8.27. The van der Waals surface area contributed by atoms with Crippen LogP contribution in [0.5, 0.6) is 0 Å². The van der Waals surface area contributed by atoms with Gasteiger partial charge in [-0.15, -0.1) is 0 Å². The molecular weight excluding hydrogens is 362 g/mol. The second-order valence-corrected chi connectivity index (χ2v) is 7.29. The minimum Gasteiger partial charge on any atom is -0.328 e. The van der Waals surface area contributed by atoms with Crippen molar-refractivity contribution in [3.63, 3.8) is 0 Å². The molecule has 3 aromatic rings. The Kier molecular flexibility index (Phi) is 5.38. The van der Waals surface area contributed by atoms with Crippen LogP contribution >= 0.6 is 0 Å². The lowest BCUT2D eigenvalue weighted by Crippen LogP contribution is -2.23. The quantitative estimate of drug-likeness (QED) is 0.687. The Morgan fingerprint density at radius 2 is 1.76 bits per heavy atom. The Bertz CT molecular complexity index is 1100. The van der Waals surface area contributed by atoms with Crippen LogP contribution < -0.4 is 10.4 Å². The summed E-state index contributed by atoms with van der Waals surface area (Å²) in [6.07, 6.45) is 3.39. The number of anilines is 1. The zero-order chi connectivity index (χ0) is 20.2. The first-order chi connectivity index (χ1) is 14.1. The van der Waals surface area contributed by atoms with E-state index in [2.05, 4.69) is 36.2 Å². The molecule has 1 aliphatic heterocycles. The van der Waals surface area contributed by atoms with Crippen LogP contribution in [0, 0.1) is 6.92 Å². The van der Waals surface area contributed by atoms with Gasteiger partial charge in [0.15, 0.2) is 0 Å². The zero-order valence-corrected chi connectivity index (χ0v) is 16.4. The van der Waals surface area contributed by atoms with Crippen molar-refractivity contribution in [2.45, 2.75) is 26.3 Å². The fraction of sp³-hybridized carbons (Fsp3) is 0.208. The predicted molar refractivity (Wildman–Crippen MR) is 113 cm³/mol. The Balaban J connectivity index is 1.57. The van der Waals surface area contributed by atoms with Crippen molar-refractivity contribution in [3.8, 4) is 0 Å². The van der Waals surface area contributed by atoms with E-state index in [1.165, 1.54) is 5.56 Å². The molecule has 0 saturated carbocycles. The van der Waals surface area contributed by atoms with Crippen LogP contribution in [0.3, 0.4) is 0 Å². The first-order valence-corrected chi connectivity index (χ1v) is 9.81. The molecule has 0 radical (unpaired) electrons. The predicted octanol–water partition coefficient (Wildman–Crippen LogP) is 3.71. The topological polar surface area (TPSA) is 54.7 Å². The van der Waals surface area contributed by atoms with E-state index in [-0.39, 0.29) is 11.8 Å². The summed E-state index contributed by atoms with van der Waals surface area (Å²) in [5.74, 6) is -0.164. The Morgan fingerprint density at radius 1 is 1.00 bits per heavy atom. The number of carbonyl (C=O) groups is 2. The van der Waals surface area contributed by atoms with Crippen LogP contribution in [0.1, 0.15) is 34.3 Å². The van der Waals surface area contributed by atoms with E-state index in [1.54, 1.807) is 17.0 Å². The van der Waals surface area contributed by atoms with Crippen molar-refractivity contribution in [3.05, 3.63) is 95.1 Å². The molecule has 5 nitrogen and oxygen atoms in total. The molecule has 4 rings (SSSR count). The van der Waals surface area contributed by atoms with Gasteiger partial charge in [-0.2, -0.15) is 4.99 Å². The summed E-state index contributed by atoms with van der Waals surface area (Å²) in [6, 6.07) is 21.1. The highest BCUT2D eigenvalue weighted by Gasteiger charge is 2.21. The summed E-state index contributed by atoms with van der Waals surface area (Å²) in [4.78, 5) is 30.7. The molecule has 5 heteroatoms. The van der Waals surface area contributed by atoms with Crippen LogP contribution in [0.25, 0.3) is 0 Å². The van der Waals surface area contributed by atoms with Crippen LogP contribution in [0.4, 0.5) is 5.69 Å². The van der Waals surface area contributed by atoms with Gasteiger partial charge in [-0.05, 0) is 55.3 Å². The van der Waals surface area contributed by atoms with E-state index in [0.717, 1.165) is 24.2 Å². The highest BCUT2D eigenvalue weighted by molar-refractivity contribution is 5.97. The van der Waals surface area contributed by atoms with Gasteiger partial charge < -0.3 is 9.47 Å². The minimum atomic E-state index is -0.298. The maximum absolute atomic E-state index is 12.7. The molecule has 0 N–H and O–H groups in total. The second-order valence-electron chi connectivity index (χ2n) is 7.29.